The van der Waals surface area contributed by atoms with Crippen LogP contribution in [0.3, 0.4) is 0 Å². The number of nitrogens with one attached hydrogen (secondary N) is 1. The highest BCUT2D eigenvalue weighted by Crippen LogP contribution is 2.28. The standard InChI is InChI=1S/C21H16ClN5OS/c22-17-11-5-6-12-18(17)23-21(28)16-10-4-7-13-19(16)29-14-20-24-25-26-27(20)15-8-2-1-3-9-15/h1-13H,14H2,(H,23,28). The maximum Gasteiger partial charge on any atom is 0.256 e. The zero-order chi connectivity index (χ0) is 20.1. The highest BCUT2D eigenvalue weighted by molar-refractivity contribution is 7.98. The van der Waals surface area contributed by atoms with E-state index >= 15 is 0 Å². The minimum atomic E-state index is -0.219. The normalized spacial score (nSPS) is 10.7. The van der Waals surface area contributed by atoms with Crippen molar-refractivity contribution in [2.45, 2.75) is 10.6 Å². The molecule has 29 heavy (non-hydrogen) atoms. The lowest BCUT2D eigenvalue weighted by molar-refractivity contribution is 0.102. The molecular formula is C21H16ClN5OS. The minimum absolute atomic E-state index is 0.219. The molecular weight excluding hydrogens is 406 g/mol. The smallest absolute Gasteiger partial charge is 0.256 e. The van der Waals surface area contributed by atoms with Crippen molar-refractivity contribution in [2.24, 2.45) is 0 Å². The summed E-state index contributed by atoms with van der Waals surface area (Å²) in [5, 5.41) is 15.3. The average Bonchev–Trinajstić information content (AvgIpc) is 3.23. The SMILES string of the molecule is O=C(Nc1ccccc1Cl)c1ccccc1SCc1nnnn1-c1ccccc1. The molecule has 0 spiro atoms. The highest BCUT2D eigenvalue weighted by Gasteiger charge is 2.15. The van der Waals surface area contributed by atoms with E-state index in [1.807, 2.05) is 60.7 Å². The van der Waals surface area contributed by atoms with Crippen molar-refractivity contribution in [1.82, 2.24) is 20.2 Å². The largest absolute Gasteiger partial charge is 0.321 e. The molecule has 0 saturated heterocycles. The number of halogens is 1. The summed E-state index contributed by atoms with van der Waals surface area (Å²) in [7, 11) is 0. The zero-order valence-corrected chi connectivity index (χ0v) is 16.8. The number of amides is 1. The number of carbonyl (C=O) groups is 1. The first-order valence-corrected chi connectivity index (χ1v) is 10.2. The molecule has 0 aliphatic heterocycles. The number of para-hydroxylation sites is 2. The Labute approximate surface area is 176 Å². The van der Waals surface area contributed by atoms with Crippen molar-refractivity contribution in [3.63, 3.8) is 0 Å². The molecule has 6 nitrogen and oxygen atoms in total. The van der Waals surface area contributed by atoms with Crippen LogP contribution in [-0.4, -0.2) is 26.1 Å². The predicted molar refractivity (Wildman–Crippen MR) is 115 cm³/mol. The van der Waals surface area contributed by atoms with Gasteiger partial charge in [0.2, 0.25) is 0 Å². The molecule has 0 radical (unpaired) electrons. The number of nitrogens with zero attached hydrogens (tertiary/aromatic N) is 4. The van der Waals surface area contributed by atoms with E-state index in [1.54, 1.807) is 22.9 Å². The van der Waals surface area contributed by atoms with Gasteiger partial charge in [-0.3, -0.25) is 4.79 Å². The van der Waals surface area contributed by atoms with Gasteiger partial charge in [0, 0.05) is 4.90 Å². The van der Waals surface area contributed by atoms with E-state index in [4.69, 9.17) is 11.6 Å². The van der Waals surface area contributed by atoms with Crippen LogP contribution in [0.2, 0.25) is 5.02 Å². The molecule has 1 aromatic heterocycles. The Kier molecular flexibility index (Phi) is 5.88. The number of rotatable bonds is 6. The summed E-state index contributed by atoms with van der Waals surface area (Å²) in [5.74, 6) is 0.990. The van der Waals surface area contributed by atoms with E-state index in [0.29, 0.717) is 27.9 Å². The van der Waals surface area contributed by atoms with Crippen molar-refractivity contribution < 1.29 is 4.79 Å². The van der Waals surface area contributed by atoms with E-state index in [1.165, 1.54) is 11.8 Å². The molecule has 4 aromatic rings. The lowest BCUT2D eigenvalue weighted by Crippen LogP contribution is -2.13. The maximum atomic E-state index is 12.8. The van der Waals surface area contributed by atoms with Gasteiger partial charge in [-0.15, -0.1) is 16.9 Å². The Morgan fingerprint density at radius 2 is 1.69 bits per heavy atom. The lowest BCUT2D eigenvalue weighted by Gasteiger charge is -2.11. The van der Waals surface area contributed by atoms with Gasteiger partial charge in [0.25, 0.3) is 5.91 Å². The number of tetrazole rings is 1. The van der Waals surface area contributed by atoms with Crippen LogP contribution < -0.4 is 5.32 Å². The second kappa shape index (κ2) is 8.89. The van der Waals surface area contributed by atoms with Gasteiger partial charge in [-0.1, -0.05) is 54.1 Å². The van der Waals surface area contributed by atoms with Gasteiger partial charge in [0.05, 0.1) is 27.7 Å². The summed E-state index contributed by atoms with van der Waals surface area (Å²) in [6.07, 6.45) is 0. The van der Waals surface area contributed by atoms with E-state index in [2.05, 4.69) is 20.8 Å². The second-order valence-electron chi connectivity index (χ2n) is 6.06. The van der Waals surface area contributed by atoms with E-state index < -0.39 is 0 Å². The Morgan fingerprint density at radius 3 is 2.52 bits per heavy atom. The van der Waals surface area contributed by atoms with Crippen LogP contribution in [0.25, 0.3) is 5.69 Å². The average molecular weight is 422 g/mol. The van der Waals surface area contributed by atoms with Crippen LogP contribution in [0.15, 0.2) is 83.8 Å². The van der Waals surface area contributed by atoms with Crippen LogP contribution in [0.4, 0.5) is 5.69 Å². The van der Waals surface area contributed by atoms with E-state index in [0.717, 1.165) is 10.6 Å². The van der Waals surface area contributed by atoms with Crippen molar-refractivity contribution in [1.29, 1.82) is 0 Å². The van der Waals surface area contributed by atoms with Gasteiger partial charge >= 0.3 is 0 Å². The summed E-state index contributed by atoms with van der Waals surface area (Å²) >= 11 is 7.65. The van der Waals surface area contributed by atoms with Crippen LogP contribution in [-0.2, 0) is 5.75 Å². The number of hydrogen-bond acceptors (Lipinski definition) is 5. The molecule has 144 valence electrons. The van der Waals surface area contributed by atoms with Crippen LogP contribution in [0, 0.1) is 0 Å². The highest BCUT2D eigenvalue weighted by atomic mass is 35.5. The predicted octanol–water partition coefficient (Wildman–Crippen LogP) is 4.86. The molecule has 0 aliphatic carbocycles. The molecule has 3 aromatic carbocycles. The van der Waals surface area contributed by atoms with E-state index in [9.17, 15) is 4.79 Å². The molecule has 0 unspecified atom stereocenters. The monoisotopic (exact) mass is 421 g/mol. The first kappa shape index (κ1) is 19.2. The Bertz CT molecular complexity index is 1130. The summed E-state index contributed by atoms with van der Waals surface area (Å²) in [4.78, 5) is 13.6. The number of hydrogen-bond donors (Lipinski definition) is 1. The van der Waals surface area contributed by atoms with Gasteiger partial charge in [-0.25, -0.2) is 0 Å². The van der Waals surface area contributed by atoms with E-state index in [-0.39, 0.29) is 5.91 Å². The maximum absolute atomic E-state index is 12.8. The third-order valence-electron chi connectivity index (χ3n) is 4.15. The van der Waals surface area contributed by atoms with Crippen LogP contribution >= 0.6 is 23.4 Å². The van der Waals surface area contributed by atoms with Gasteiger partial charge < -0.3 is 5.32 Å². The van der Waals surface area contributed by atoms with Gasteiger partial charge in [0.1, 0.15) is 0 Å². The zero-order valence-electron chi connectivity index (χ0n) is 15.2. The fraction of sp³-hybridized carbons (Fsp3) is 0.0476. The van der Waals surface area contributed by atoms with Crippen molar-refractivity contribution in [3.05, 3.63) is 95.3 Å². The molecule has 4 rings (SSSR count). The molecule has 1 heterocycles. The van der Waals surface area contributed by atoms with Gasteiger partial charge in [0.15, 0.2) is 5.82 Å². The van der Waals surface area contributed by atoms with Crippen molar-refractivity contribution in [3.8, 4) is 5.69 Å². The van der Waals surface area contributed by atoms with Gasteiger partial charge in [-0.05, 0) is 46.8 Å². The molecule has 0 atom stereocenters. The number of thioether (sulfide) groups is 1. The minimum Gasteiger partial charge on any atom is -0.321 e. The van der Waals surface area contributed by atoms with Crippen molar-refractivity contribution in [2.75, 3.05) is 5.32 Å². The first-order chi connectivity index (χ1) is 14.2. The summed E-state index contributed by atoms with van der Waals surface area (Å²) in [6.45, 7) is 0. The fourth-order valence-corrected chi connectivity index (χ4v) is 3.88. The fourth-order valence-electron chi connectivity index (χ4n) is 2.74. The summed E-state index contributed by atoms with van der Waals surface area (Å²) < 4.78 is 1.69. The molecule has 1 amide bonds. The molecule has 0 fully saturated rings. The third kappa shape index (κ3) is 4.47. The Balaban J connectivity index is 1.52. The number of carbonyl (C=O) groups excluding carboxylic acids is 1. The van der Waals surface area contributed by atoms with Crippen LogP contribution in [0.5, 0.6) is 0 Å². The first-order valence-electron chi connectivity index (χ1n) is 8.83. The molecule has 1 N–H and O–H groups in total. The molecule has 0 aliphatic rings. The Morgan fingerprint density at radius 1 is 0.966 bits per heavy atom. The van der Waals surface area contributed by atoms with Gasteiger partial charge in [-0.2, -0.15) is 4.68 Å². The van der Waals surface area contributed by atoms with Crippen LogP contribution in [0.1, 0.15) is 16.2 Å². The second-order valence-corrected chi connectivity index (χ2v) is 7.49. The third-order valence-corrected chi connectivity index (χ3v) is 5.54. The lowest BCUT2D eigenvalue weighted by atomic mass is 10.2. The Hall–Kier alpha value is -3.16. The van der Waals surface area contributed by atoms with Crippen molar-refractivity contribution >= 4 is 35.0 Å². The topological polar surface area (TPSA) is 72.7 Å². The summed E-state index contributed by atoms with van der Waals surface area (Å²) in [5.41, 5.74) is 2.03. The summed E-state index contributed by atoms with van der Waals surface area (Å²) in [6, 6.07) is 24.3. The molecule has 8 heteroatoms. The number of anilines is 1. The number of benzene rings is 3. The molecule has 0 bridgehead atoms. The molecule has 0 saturated carbocycles. The number of aromatic nitrogens is 4. The quantitative estimate of drug-likeness (QED) is 0.450.